The largest absolute Gasteiger partial charge is 0.481 e. The molecule has 0 saturated carbocycles. The monoisotopic (exact) mass is 179 g/mol. The molecule has 0 aliphatic carbocycles. The van der Waals surface area contributed by atoms with Crippen molar-refractivity contribution in [2.75, 3.05) is 0 Å². The molecule has 0 aromatic heterocycles. The molecular formula is C6H11O2S2. The molecule has 59 valence electrons. The molecule has 0 heterocycles. The summed E-state index contributed by atoms with van der Waals surface area (Å²) in [4.78, 5) is 10.00. The second-order valence-electron chi connectivity index (χ2n) is 2.02. The van der Waals surface area contributed by atoms with E-state index in [1.807, 2.05) is 0 Å². The Balaban J connectivity index is 2.98. The van der Waals surface area contributed by atoms with Crippen molar-refractivity contribution in [3.8, 4) is 0 Å². The van der Waals surface area contributed by atoms with Gasteiger partial charge in [-0.25, -0.2) is 0 Å². The van der Waals surface area contributed by atoms with E-state index in [2.05, 4.69) is 25.3 Å². The number of unbranched alkanes of at least 4 members (excludes halogenated alkanes) is 1. The van der Waals surface area contributed by atoms with Gasteiger partial charge in [-0.05, 0) is 12.8 Å². The minimum absolute atomic E-state index is 0.245. The highest BCUT2D eigenvalue weighted by Gasteiger charge is 1.99. The molecule has 0 saturated heterocycles. The lowest BCUT2D eigenvalue weighted by Crippen LogP contribution is -1.93. The van der Waals surface area contributed by atoms with E-state index in [-0.39, 0.29) is 6.42 Å². The first-order valence-electron chi connectivity index (χ1n) is 3.08. The van der Waals surface area contributed by atoms with Crippen LogP contribution in [0.3, 0.4) is 0 Å². The Morgan fingerprint density at radius 1 is 1.20 bits per heavy atom. The molecule has 0 rings (SSSR count). The Labute approximate surface area is 71.8 Å². The second kappa shape index (κ2) is 5.92. The molecule has 0 spiro atoms. The van der Waals surface area contributed by atoms with Crippen LogP contribution in [-0.4, -0.2) is 11.1 Å². The van der Waals surface area contributed by atoms with E-state index in [9.17, 15) is 4.79 Å². The maximum absolute atomic E-state index is 10.00. The van der Waals surface area contributed by atoms with Crippen LogP contribution >= 0.6 is 25.3 Å². The van der Waals surface area contributed by atoms with Gasteiger partial charge in [0, 0.05) is 6.42 Å². The van der Waals surface area contributed by atoms with Gasteiger partial charge in [-0.2, -0.15) is 25.3 Å². The summed E-state index contributed by atoms with van der Waals surface area (Å²) in [6, 6.07) is 0. The highest BCUT2D eigenvalue weighted by Crippen LogP contribution is 2.18. The van der Waals surface area contributed by atoms with Crippen molar-refractivity contribution in [2.45, 2.75) is 25.7 Å². The van der Waals surface area contributed by atoms with Crippen molar-refractivity contribution >= 4 is 31.2 Å². The number of hydrogen-bond acceptors (Lipinski definition) is 3. The van der Waals surface area contributed by atoms with Gasteiger partial charge in [0.25, 0.3) is 0 Å². The van der Waals surface area contributed by atoms with Gasteiger partial charge in [-0.1, -0.05) is 6.42 Å². The molecule has 1 N–H and O–H groups in total. The predicted octanol–water partition coefficient (Wildman–Crippen LogP) is 1.98. The van der Waals surface area contributed by atoms with Gasteiger partial charge in [0.15, 0.2) is 0 Å². The molecule has 2 nitrogen and oxygen atoms in total. The molecule has 0 unspecified atom stereocenters. The van der Waals surface area contributed by atoms with Crippen LogP contribution in [0.5, 0.6) is 0 Å². The van der Waals surface area contributed by atoms with E-state index in [0.717, 1.165) is 17.4 Å². The van der Waals surface area contributed by atoms with Crippen LogP contribution < -0.4 is 0 Å². The van der Waals surface area contributed by atoms with Crippen LogP contribution in [0.2, 0.25) is 0 Å². The summed E-state index contributed by atoms with van der Waals surface area (Å²) in [6.45, 7) is 0. The topological polar surface area (TPSA) is 37.3 Å². The lowest BCUT2D eigenvalue weighted by atomic mass is 10.2. The van der Waals surface area contributed by atoms with Gasteiger partial charge in [-0.3, -0.25) is 4.79 Å². The number of carboxylic acid groups (broad SMARTS) is 1. The van der Waals surface area contributed by atoms with Crippen molar-refractivity contribution in [1.82, 2.24) is 0 Å². The first-order chi connectivity index (χ1) is 4.63. The minimum Gasteiger partial charge on any atom is -0.481 e. The van der Waals surface area contributed by atoms with Crippen molar-refractivity contribution in [3.05, 3.63) is 4.58 Å². The number of carboxylic acids is 1. The summed E-state index contributed by atoms with van der Waals surface area (Å²) in [5, 5.41) is 8.23. The predicted molar refractivity (Wildman–Crippen MR) is 47.3 cm³/mol. The summed E-state index contributed by atoms with van der Waals surface area (Å²) < 4.78 is 0.769. The summed E-state index contributed by atoms with van der Waals surface area (Å²) in [6.07, 6.45) is 2.60. The fourth-order valence-electron chi connectivity index (χ4n) is 0.559. The maximum Gasteiger partial charge on any atom is 0.303 e. The third-order valence-corrected chi connectivity index (χ3v) is 1.49. The van der Waals surface area contributed by atoms with E-state index < -0.39 is 5.97 Å². The normalized spacial score (nSPS) is 10.3. The zero-order valence-electron chi connectivity index (χ0n) is 5.58. The maximum atomic E-state index is 10.00. The Morgan fingerprint density at radius 3 is 2.10 bits per heavy atom. The SMILES string of the molecule is O=C(O)CCCC[C](S)S. The summed E-state index contributed by atoms with van der Waals surface area (Å²) in [7, 11) is 0. The van der Waals surface area contributed by atoms with Gasteiger partial charge >= 0.3 is 5.97 Å². The van der Waals surface area contributed by atoms with Gasteiger partial charge in [0.2, 0.25) is 0 Å². The Morgan fingerprint density at radius 2 is 1.70 bits per heavy atom. The molecule has 1 radical (unpaired) electrons. The zero-order valence-corrected chi connectivity index (χ0v) is 7.37. The molecule has 0 fully saturated rings. The second-order valence-corrected chi connectivity index (χ2v) is 3.45. The first kappa shape index (κ1) is 10.2. The highest BCUT2D eigenvalue weighted by molar-refractivity contribution is 8.03. The Hall–Kier alpha value is 0.170. The molecule has 0 aromatic rings. The molecule has 0 atom stereocenters. The van der Waals surface area contributed by atoms with Crippen molar-refractivity contribution in [1.29, 1.82) is 0 Å². The van der Waals surface area contributed by atoms with E-state index in [4.69, 9.17) is 5.11 Å². The minimum atomic E-state index is -0.736. The van der Waals surface area contributed by atoms with Crippen LogP contribution in [0, 0.1) is 4.58 Å². The third-order valence-electron chi connectivity index (χ3n) is 1.04. The van der Waals surface area contributed by atoms with Gasteiger partial charge in [0.1, 0.15) is 0 Å². The third kappa shape index (κ3) is 8.17. The standard InChI is InChI=1S/C6H11O2S2/c7-5(8)3-1-2-4-6(9)10/h9-10H,1-4H2,(H,7,8). The lowest BCUT2D eigenvalue weighted by molar-refractivity contribution is -0.137. The van der Waals surface area contributed by atoms with Crippen LogP contribution in [0.1, 0.15) is 25.7 Å². The number of carbonyl (C=O) groups is 1. The summed E-state index contributed by atoms with van der Waals surface area (Å²) in [5.41, 5.74) is 0. The molecule has 0 amide bonds. The quantitative estimate of drug-likeness (QED) is 0.446. The summed E-state index contributed by atoms with van der Waals surface area (Å²) in [5.74, 6) is -0.736. The molecule has 0 aliphatic heterocycles. The van der Waals surface area contributed by atoms with Crippen molar-refractivity contribution in [2.24, 2.45) is 0 Å². The molecule has 10 heavy (non-hydrogen) atoms. The Kier molecular flexibility index (Phi) is 6.02. The fraction of sp³-hybridized carbons (Fsp3) is 0.667. The number of rotatable bonds is 5. The van der Waals surface area contributed by atoms with E-state index >= 15 is 0 Å². The van der Waals surface area contributed by atoms with Crippen LogP contribution in [-0.2, 0) is 4.79 Å². The van der Waals surface area contributed by atoms with E-state index in [0.29, 0.717) is 6.42 Å². The number of hydrogen-bond donors (Lipinski definition) is 3. The smallest absolute Gasteiger partial charge is 0.303 e. The molecule has 4 heteroatoms. The fourth-order valence-corrected chi connectivity index (χ4v) is 0.876. The van der Waals surface area contributed by atoms with Gasteiger partial charge in [-0.15, -0.1) is 0 Å². The highest BCUT2D eigenvalue weighted by atomic mass is 32.2. The average molecular weight is 179 g/mol. The van der Waals surface area contributed by atoms with Crippen molar-refractivity contribution < 1.29 is 9.90 Å². The van der Waals surface area contributed by atoms with Crippen LogP contribution in [0.15, 0.2) is 0 Å². The van der Waals surface area contributed by atoms with E-state index in [1.54, 1.807) is 0 Å². The molecule has 0 bridgehead atoms. The molecule has 0 aliphatic rings. The van der Waals surface area contributed by atoms with E-state index in [1.165, 1.54) is 0 Å². The van der Waals surface area contributed by atoms with Crippen LogP contribution in [0.4, 0.5) is 0 Å². The zero-order chi connectivity index (χ0) is 7.98. The van der Waals surface area contributed by atoms with Gasteiger partial charge in [0.05, 0.1) is 4.58 Å². The van der Waals surface area contributed by atoms with Gasteiger partial charge < -0.3 is 5.11 Å². The molecule has 0 aromatic carbocycles. The van der Waals surface area contributed by atoms with Crippen LogP contribution in [0.25, 0.3) is 0 Å². The summed E-state index contributed by atoms with van der Waals surface area (Å²) >= 11 is 7.91. The average Bonchev–Trinajstić information content (AvgIpc) is 1.79. The first-order valence-corrected chi connectivity index (χ1v) is 3.98. The lowest BCUT2D eigenvalue weighted by Gasteiger charge is -1.99. The molecular weight excluding hydrogens is 168 g/mol. The van der Waals surface area contributed by atoms with Crippen molar-refractivity contribution in [3.63, 3.8) is 0 Å². The number of thiol groups is 2. The number of aliphatic carboxylic acids is 1. The Bertz CT molecular complexity index is 104.